The number of hydrogen-bond donors (Lipinski definition) is 2. The van der Waals surface area contributed by atoms with Crippen LogP contribution in [0.15, 0.2) is 0 Å². The highest BCUT2D eigenvalue weighted by molar-refractivity contribution is 5.89. The summed E-state index contributed by atoms with van der Waals surface area (Å²) in [6.07, 6.45) is 6.64. The van der Waals surface area contributed by atoms with Crippen LogP contribution in [0, 0.1) is 23.2 Å². The van der Waals surface area contributed by atoms with Crippen LogP contribution < -0.4 is 10.6 Å². The van der Waals surface area contributed by atoms with E-state index in [9.17, 15) is 14.4 Å². The van der Waals surface area contributed by atoms with Crippen molar-refractivity contribution in [3.05, 3.63) is 0 Å². The number of hydrogen-bond acceptors (Lipinski definition) is 5. The van der Waals surface area contributed by atoms with Gasteiger partial charge in [-0.15, -0.1) is 0 Å². The van der Waals surface area contributed by atoms with Crippen LogP contribution >= 0.6 is 0 Å². The molecule has 0 aromatic rings. The molecule has 7 heteroatoms. The van der Waals surface area contributed by atoms with Crippen molar-refractivity contribution in [2.75, 3.05) is 13.7 Å². The topological polar surface area (TPSA) is 93.7 Å². The Labute approximate surface area is 167 Å². The maximum atomic E-state index is 12.8. The lowest BCUT2D eigenvalue weighted by atomic mass is 9.49. The number of alkyl carbamates (subject to hydrolysis) is 1. The summed E-state index contributed by atoms with van der Waals surface area (Å²) in [5, 5.41) is 5.54. The highest BCUT2D eigenvalue weighted by Crippen LogP contribution is 2.59. The lowest BCUT2D eigenvalue weighted by Gasteiger charge is -2.57. The molecule has 2 N–H and O–H groups in total. The van der Waals surface area contributed by atoms with E-state index in [1.165, 1.54) is 45.6 Å². The first-order valence-corrected chi connectivity index (χ1v) is 10.4. The molecule has 0 aliphatic heterocycles. The molecular weight excluding hydrogens is 360 g/mol. The summed E-state index contributed by atoms with van der Waals surface area (Å²) < 4.78 is 9.91. The van der Waals surface area contributed by atoms with Crippen LogP contribution in [-0.4, -0.2) is 43.3 Å². The number of esters is 1. The van der Waals surface area contributed by atoms with Crippen molar-refractivity contribution in [1.29, 1.82) is 0 Å². The van der Waals surface area contributed by atoms with Gasteiger partial charge >= 0.3 is 12.1 Å². The van der Waals surface area contributed by atoms with Crippen molar-refractivity contribution in [2.45, 2.75) is 77.4 Å². The van der Waals surface area contributed by atoms with E-state index >= 15 is 0 Å². The standard InChI is InChI=1S/C21H34N2O5/c1-20(2,3)28-19(26)23-16(8-17(24)27-4)18(25)22-12-21-9-13-5-14(10-21)7-15(6-13)11-21/h13-16H,5-12H2,1-4H3,(H,22,25)(H,23,26)/t13?,14?,15?,16-,21?/m0/s1. The van der Waals surface area contributed by atoms with Crippen LogP contribution in [0.4, 0.5) is 4.79 Å². The maximum absolute atomic E-state index is 12.8. The van der Waals surface area contributed by atoms with Gasteiger partial charge in [0, 0.05) is 6.54 Å². The molecule has 2 amide bonds. The van der Waals surface area contributed by atoms with Gasteiger partial charge in [0.15, 0.2) is 0 Å². The normalized spacial score (nSPS) is 31.8. The first kappa shape index (κ1) is 20.9. The van der Waals surface area contributed by atoms with E-state index in [0.29, 0.717) is 6.54 Å². The lowest BCUT2D eigenvalue weighted by Crippen LogP contribution is -2.54. The highest BCUT2D eigenvalue weighted by Gasteiger charge is 2.50. The van der Waals surface area contributed by atoms with Crippen LogP contribution in [0.1, 0.15) is 65.7 Å². The molecule has 4 bridgehead atoms. The van der Waals surface area contributed by atoms with E-state index in [2.05, 4.69) is 15.4 Å². The average molecular weight is 395 g/mol. The Bertz CT molecular complexity index is 589. The van der Waals surface area contributed by atoms with Gasteiger partial charge in [-0.2, -0.15) is 0 Å². The highest BCUT2D eigenvalue weighted by atomic mass is 16.6. The molecule has 4 aliphatic carbocycles. The zero-order valence-corrected chi connectivity index (χ0v) is 17.5. The summed E-state index contributed by atoms with van der Waals surface area (Å²) in [5.41, 5.74) is -0.498. The molecule has 4 fully saturated rings. The van der Waals surface area contributed by atoms with E-state index in [1.54, 1.807) is 20.8 Å². The zero-order chi connectivity index (χ0) is 20.5. The molecule has 4 saturated carbocycles. The minimum atomic E-state index is -1.00. The van der Waals surface area contributed by atoms with Crippen LogP contribution in [-0.2, 0) is 19.1 Å². The maximum Gasteiger partial charge on any atom is 0.408 e. The van der Waals surface area contributed by atoms with Gasteiger partial charge in [-0.3, -0.25) is 9.59 Å². The Morgan fingerprint density at radius 1 is 1.04 bits per heavy atom. The number of carbonyl (C=O) groups excluding carboxylic acids is 3. The smallest absolute Gasteiger partial charge is 0.408 e. The third-order valence-electron chi connectivity index (χ3n) is 6.41. The Morgan fingerprint density at radius 2 is 1.57 bits per heavy atom. The first-order valence-electron chi connectivity index (χ1n) is 10.4. The predicted octanol–water partition coefficient (Wildman–Crippen LogP) is 2.78. The van der Waals surface area contributed by atoms with Crippen molar-refractivity contribution in [3.63, 3.8) is 0 Å². The molecule has 158 valence electrons. The summed E-state index contributed by atoms with van der Waals surface area (Å²) >= 11 is 0. The predicted molar refractivity (Wildman–Crippen MR) is 103 cm³/mol. The van der Waals surface area contributed by atoms with E-state index in [1.807, 2.05) is 0 Å². The molecule has 7 nitrogen and oxygen atoms in total. The van der Waals surface area contributed by atoms with Crippen LogP contribution in [0.25, 0.3) is 0 Å². The van der Waals surface area contributed by atoms with Crippen molar-refractivity contribution in [3.8, 4) is 0 Å². The fraction of sp³-hybridized carbons (Fsp3) is 0.857. The van der Waals surface area contributed by atoms with Crippen molar-refractivity contribution >= 4 is 18.0 Å². The summed E-state index contributed by atoms with van der Waals surface area (Å²) in [5.74, 6) is 1.50. The minimum Gasteiger partial charge on any atom is -0.469 e. The molecule has 1 atom stereocenters. The third kappa shape index (κ3) is 5.17. The van der Waals surface area contributed by atoms with Crippen LogP contribution in [0.3, 0.4) is 0 Å². The van der Waals surface area contributed by atoms with Crippen LogP contribution in [0.2, 0.25) is 0 Å². The fourth-order valence-electron chi connectivity index (χ4n) is 5.81. The molecule has 4 rings (SSSR count). The van der Waals surface area contributed by atoms with E-state index in [4.69, 9.17) is 4.74 Å². The van der Waals surface area contributed by atoms with Crippen molar-refractivity contribution in [1.82, 2.24) is 10.6 Å². The average Bonchev–Trinajstić information content (AvgIpc) is 2.56. The molecule has 0 spiro atoms. The van der Waals surface area contributed by atoms with Crippen molar-refractivity contribution in [2.24, 2.45) is 23.2 Å². The van der Waals surface area contributed by atoms with E-state index < -0.39 is 23.7 Å². The SMILES string of the molecule is COC(=O)C[C@H](NC(=O)OC(C)(C)C)C(=O)NCC12CC3CC(CC(C3)C1)C2. The van der Waals surface area contributed by atoms with Gasteiger partial charge in [-0.1, -0.05) is 0 Å². The molecule has 0 heterocycles. The Hall–Kier alpha value is -1.79. The van der Waals surface area contributed by atoms with Gasteiger partial charge in [-0.05, 0) is 82.5 Å². The molecule has 28 heavy (non-hydrogen) atoms. The second-order valence-corrected chi connectivity index (χ2v) is 10.1. The number of methoxy groups -OCH3 is 1. The van der Waals surface area contributed by atoms with Gasteiger partial charge in [-0.25, -0.2) is 4.79 Å². The van der Waals surface area contributed by atoms with Crippen molar-refractivity contribution < 1.29 is 23.9 Å². The summed E-state index contributed by atoms with van der Waals surface area (Å²) in [6.45, 7) is 5.85. The Morgan fingerprint density at radius 3 is 2.04 bits per heavy atom. The molecule has 0 radical (unpaired) electrons. The Balaban J connectivity index is 1.59. The second kappa shape index (κ2) is 7.91. The lowest BCUT2D eigenvalue weighted by molar-refractivity contribution is -0.143. The quantitative estimate of drug-likeness (QED) is 0.676. The molecule has 0 saturated heterocycles. The summed E-state index contributed by atoms with van der Waals surface area (Å²) in [7, 11) is 1.26. The Kier molecular flexibility index (Phi) is 5.92. The molecular formula is C21H34N2O5. The number of ether oxygens (including phenoxy) is 2. The largest absolute Gasteiger partial charge is 0.469 e. The first-order chi connectivity index (χ1) is 13.1. The van der Waals surface area contributed by atoms with E-state index in [-0.39, 0.29) is 17.7 Å². The molecule has 4 aliphatic rings. The molecule has 0 aromatic carbocycles. The van der Waals surface area contributed by atoms with Gasteiger partial charge in [0.1, 0.15) is 11.6 Å². The second-order valence-electron chi connectivity index (χ2n) is 10.1. The number of rotatable bonds is 6. The summed E-state index contributed by atoms with van der Waals surface area (Å²) in [6, 6.07) is -1.00. The van der Waals surface area contributed by atoms with Gasteiger partial charge in [0.2, 0.25) is 5.91 Å². The number of nitrogens with one attached hydrogen (secondary N) is 2. The van der Waals surface area contributed by atoms with Crippen LogP contribution in [0.5, 0.6) is 0 Å². The van der Waals surface area contributed by atoms with Gasteiger partial charge < -0.3 is 20.1 Å². The molecule has 0 aromatic heterocycles. The van der Waals surface area contributed by atoms with E-state index in [0.717, 1.165) is 17.8 Å². The summed E-state index contributed by atoms with van der Waals surface area (Å²) in [4.78, 5) is 36.6. The third-order valence-corrected chi connectivity index (χ3v) is 6.41. The molecule has 0 unspecified atom stereocenters. The minimum absolute atomic E-state index is 0.187. The number of carbonyl (C=O) groups is 3. The van der Waals surface area contributed by atoms with Gasteiger partial charge in [0.25, 0.3) is 0 Å². The zero-order valence-electron chi connectivity index (χ0n) is 17.5. The fourth-order valence-corrected chi connectivity index (χ4v) is 5.81. The number of amides is 2. The monoisotopic (exact) mass is 394 g/mol. The van der Waals surface area contributed by atoms with Gasteiger partial charge in [0.05, 0.1) is 13.5 Å².